The maximum absolute atomic E-state index is 5.83. The van der Waals surface area contributed by atoms with Crippen LogP contribution in [0.3, 0.4) is 0 Å². The van der Waals surface area contributed by atoms with Gasteiger partial charge < -0.3 is 9.64 Å². The molecule has 0 aromatic carbocycles. The summed E-state index contributed by atoms with van der Waals surface area (Å²) in [5.74, 6) is 0.958. The van der Waals surface area contributed by atoms with Crippen LogP contribution < -0.4 is 4.90 Å². The molecule has 0 amide bonds. The number of hydrogen-bond acceptors (Lipinski definition) is 5. The molecule has 0 saturated carbocycles. The van der Waals surface area contributed by atoms with Gasteiger partial charge in [0, 0.05) is 24.5 Å². The zero-order valence-corrected chi connectivity index (χ0v) is 11.7. The van der Waals surface area contributed by atoms with Crippen molar-refractivity contribution in [1.29, 1.82) is 0 Å². The van der Waals surface area contributed by atoms with Crippen LogP contribution in [0, 0.1) is 0 Å². The largest absolute Gasteiger partial charge is 0.374 e. The molecule has 0 aliphatic carbocycles. The van der Waals surface area contributed by atoms with E-state index < -0.39 is 0 Å². The van der Waals surface area contributed by atoms with Crippen LogP contribution in [0.25, 0.3) is 0 Å². The lowest BCUT2D eigenvalue weighted by atomic mass is 10.1. The number of aromatic nitrogens is 2. The van der Waals surface area contributed by atoms with Crippen LogP contribution in [-0.2, 0) is 11.2 Å². The van der Waals surface area contributed by atoms with Gasteiger partial charge in [0.25, 0.3) is 0 Å². The molecule has 0 radical (unpaired) electrons. The Bertz CT molecular complexity index is 355. The summed E-state index contributed by atoms with van der Waals surface area (Å²) in [5.41, 5.74) is 0. The first-order chi connectivity index (χ1) is 8.28. The van der Waals surface area contributed by atoms with E-state index in [1.54, 1.807) is 0 Å². The van der Waals surface area contributed by atoms with Crippen LogP contribution in [0.1, 0.15) is 39.4 Å². The molecule has 5 heteroatoms. The maximum Gasteiger partial charge on any atom is 0.205 e. The fourth-order valence-corrected chi connectivity index (χ4v) is 2.91. The molecule has 1 aromatic rings. The van der Waals surface area contributed by atoms with E-state index in [0.29, 0.717) is 12.1 Å². The summed E-state index contributed by atoms with van der Waals surface area (Å²) in [5, 5.41) is 1.07. The molecule has 96 valence electrons. The SMILES string of the molecule is CCc1nsc(N2C[C@H](CC)OC[C@@H]2CC)n1. The number of hydrogen-bond donors (Lipinski definition) is 0. The third kappa shape index (κ3) is 2.77. The Morgan fingerprint density at radius 1 is 1.35 bits per heavy atom. The Labute approximate surface area is 107 Å². The van der Waals surface area contributed by atoms with Gasteiger partial charge in [-0.15, -0.1) is 0 Å². The number of ether oxygens (including phenoxy) is 1. The van der Waals surface area contributed by atoms with Gasteiger partial charge in [-0.1, -0.05) is 20.8 Å². The van der Waals surface area contributed by atoms with E-state index in [4.69, 9.17) is 4.74 Å². The third-order valence-corrected chi connectivity index (χ3v) is 4.10. The Balaban J connectivity index is 2.13. The van der Waals surface area contributed by atoms with Crippen LogP contribution in [0.2, 0.25) is 0 Å². The van der Waals surface area contributed by atoms with Crippen molar-refractivity contribution in [1.82, 2.24) is 9.36 Å². The van der Waals surface area contributed by atoms with Crippen molar-refractivity contribution < 1.29 is 4.74 Å². The van der Waals surface area contributed by atoms with Crippen LogP contribution in [0.15, 0.2) is 0 Å². The van der Waals surface area contributed by atoms with Gasteiger partial charge in [-0.3, -0.25) is 0 Å². The van der Waals surface area contributed by atoms with Crippen molar-refractivity contribution in [3.63, 3.8) is 0 Å². The third-order valence-electron chi connectivity index (χ3n) is 3.31. The molecular formula is C12H21N3OS. The van der Waals surface area contributed by atoms with Crippen molar-refractivity contribution >= 4 is 16.7 Å². The summed E-state index contributed by atoms with van der Waals surface area (Å²) in [6.45, 7) is 8.24. The normalized spacial score (nSPS) is 25.2. The standard InChI is InChI=1S/C12H21N3OS/c1-4-9-8-16-10(5-2)7-15(9)12-13-11(6-3)14-17-12/h9-10H,4-8H2,1-3H3/t9-,10-/m0/s1. The van der Waals surface area contributed by atoms with E-state index in [1.165, 1.54) is 11.5 Å². The van der Waals surface area contributed by atoms with Crippen LogP contribution in [0.4, 0.5) is 5.13 Å². The quantitative estimate of drug-likeness (QED) is 0.828. The predicted octanol–water partition coefficient (Wildman–Crippen LogP) is 2.49. The van der Waals surface area contributed by atoms with E-state index in [2.05, 4.69) is 35.0 Å². The van der Waals surface area contributed by atoms with Gasteiger partial charge in [-0.2, -0.15) is 4.37 Å². The summed E-state index contributed by atoms with van der Waals surface area (Å²) in [6.07, 6.45) is 3.41. The minimum Gasteiger partial charge on any atom is -0.374 e. The summed E-state index contributed by atoms with van der Waals surface area (Å²) >= 11 is 1.52. The van der Waals surface area contributed by atoms with E-state index in [9.17, 15) is 0 Å². The summed E-state index contributed by atoms with van der Waals surface area (Å²) in [7, 11) is 0. The first-order valence-electron chi connectivity index (χ1n) is 6.49. The molecule has 0 bridgehead atoms. The van der Waals surface area contributed by atoms with E-state index in [0.717, 1.165) is 43.4 Å². The number of aryl methyl sites for hydroxylation is 1. The smallest absolute Gasteiger partial charge is 0.205 e. The second-order valence-corrected chi connectivity index (χ2v) is 5.16. The lowest BCUT2D eigenvalue weighted by Gasteiger charge is -2.38. The molecule has 0 unspecified atom stereocenters. The highest BCUT2D eigenvalue weighted by atomic mass is 32.1. The summed E-state index contributed by atoms with van der Waals surface area (Å²) < 4.78 is 10.2. The number of anilines is 1. The molecular weight excluding hydrogens is 234 g/mol. The van der Waals surface area contributed by atoms with Crippen LogP contribution >= 0.6 is 11.5 Å². The molecule has 0 spiro atoms. The average molecular weight is 255 g/mol. The fourth-order valence-electron chi connectivity index (χ4n) is 2.08. The minimum atomic E-state index is 0.340. The second-order valence-electron chi connectivity index (χ2n) is 4.42. The van der Waals surface area contributed by atoms with Gasteiger partial charge in [0.15, 0.2) is 0 Å². The van der Waals surface area contributed by atoms with Crippen LogP contribution in [0.5, 0.6) is 0 Å². The first kappa shape index (κ1) is 12.8. The van der Waals surface area contributed by atoms with Crippen molar-refractivity contribution in [3.05, 3.63) is 5.82 Å². The van der Waals surface area contributed by atoms with Crippen molar-refractivity contribution in [2.24, 2.45) is 0 Å². The highest BCUT2D eigenvalue weighted by Crippen LogP contribution is 2.26. The molecule has 1 aliphatic rings. The van der Waals surface area contributed by atoms with E-state index in [-0.39, 0.29) is 0 Å². The Kier molecular flexibility index (Phi) is 4.34. The molecule has 1 aliphatic heterocycles. The zero-order chi connectivity index (χ0) is 12.3. The van der Waals surface area contributed by atoms with Crippen molar-refractivity contribution in [2.45, 2.75) is 52.2 Å². The molecule has 1 aromatic heterocycles. The molecule has 17 heavy (non-hydrogen) atoms. The van der Waals surface area contributed by atoms with Crippen molar-refractivity contribution in [3.8, 4) is 0 Å². The van der Waals surface area contributed by atoms with Gasteiger partial charge >= 0.3 is 0 Å². The van der Waals surface area contributed by atoms with Gasteiger partial charge in [-0.25, -0.2) is 4.98 Å². The lowest BCUT2D eigenvalue weighted by Crippen LogP contribution is -2.49. The number of morpholine rings is 1. The van der Waals surface area contributed by atoms with Gasteiger partial charge in [-0.05, 0) is 12.8 Å². The molecule has 2 atom stereocenters. The number of nitrogens with zero attached hydrogens (tertiary/aromatic N) is 3. The summed E-state index contributed by atoms with van der Waals surface area (Å²) in [6, 6.07) is 0.454. The molecule has 4 nitrogen and oxygen atoms in total. The Morgan fingerprint density at radius 2 is 2.18 bits per heavy atom. The first-order valence-corrected chi connectivity index (χ1v) is 7.26. The summed E-state index contributed by atoms with van der Waals surface area (Å²) in [4.78, 5) is 6.98. The van der Waals surface area contributed by atoms with Crippen molar-refractivity contribution in [2.75, 3.05) is 18.1 Å². The maximum atomic E-state index is 5.83. The molecule has 0 N–H and O–H groups in total. The number of rotatable bonds is 4. The fraction of sp³-hybridized carbons (Fsp3) is 0.833. The van der Waals surface area contributed by atoms with E-state index in [1.807, 2.05) is 0 Å². The molecule has 2 heterocycles. The highest BCUT2D eigenvalue weighted by Gasteiger charge is 2.29. The molecule has 1 saturated heterocycles. The van der Waals surface area contributed by atoms with Gasteiger partial charge in [0.2, 0.25) is 5.13 Å². The Morgan fingerprint density at radius 3 is 2.76 bits per heavy atom. The second kappa shape index (κ2) is 5.78. The zero-order valence-electron chi connectivity index (χ0n) is 10.8. The lowest BCUT2D eigenvalue weighted by molar-refractivity contribution is 0.0166. The van der Waals surface area contributed by atoms with Gasteiger partial charge in [0.1, 0.15) is 5.82 Å². The van der Waals surface area contributed by atoms with Crippen LogP contribution in [-0.4, -0.2) is 34.7 Å². The minimum absolute atomic E-state index is 0.340. The molecule has 2 rings (SSSR count). The highest BCUT2D eigenvalue weighted by molar-refractivity contribution is 7.09. The molecule has 1 fully saturated rings. The average Bonchev–Trinajstić information content (AvgIpc) is 2.86. The monoisotopic (exact) mass is 255 g/mol. The predicted molar refractivity (Wildman–Crippen MR) is 70.7 cm³/mol. The Hall–Kier alpha value is -0.680. The van der Waals surface area contributed by atoms with E-state index >= 15 is 0 Å². The topological polar surface area (TPSA) is 38.2 Å². The van der Waals surface area contributed by atoms with Gasteiger partial charge in [0.05, 0.1) is 18.8 Å².